The highest BCUT2D eigenvalue weighted by Gasteiger charge is 2.31. The van der Waals surface area contributed by atoms with E-state index in [1.165, 1.54) is 0 Å². The quantitative estimate of drug-likeness (QED) is 0.120. The standard InChI is InChI=1S/C15H24N6O10/c16-5(1-9(17)23)12(27)19-6(2-10(18)24)13(28)21-8(4-22)14(29)20-7(15(30)31)3-11(25)26/h5-8,22H,1-4,16H2,(H2,17,23)(H2,18,24)(H,19,27)(H,20,29)(H,21,28)(H,25,26)(H,30,31). The summed E-state index contributed by atoms with van der Waals surface area (Å²) in [5, 5.41) is 32.7. The number of hydrogen-bond donors (Lipinski definition) is 9. The van der Waals surface area contributed by atoms with Crippen LogP contribution >= 0.6 is 0 Å². The Kier molecular flexibility index (Phi) is 11.2. The molecule has 0 spiro atoms. The number of carbonyl (C=O) groups is 7. The molecule has 0 radical (unpaired) electrons. The Morgan fingerprint density at radius 1 is 0.677 bits per heavy atom. The van der Waals surface area contributed by atoms with E-state index in [-0.39, 0.29) is 0 Å². The van der Waals surface area contributed by atoms with Crippen LogP contribution in [0.15, 0.2) is 0 Å². The van der Waals surface area contributed by atoms with Gasteiger partial charge in [0.25, 0.3) is 0 Å². The number of rotatable bonds is 14. The summed E-state index contributed by atoms with van der Waals surface area (Å²) < 4.78 is 0. The Morgan fingerprint density at radius 2 is 1.13 bits per heavy atom. The monoisotopic (exact) mass is 448 g/mol. The summed E-state index contributed by atoms with van der Waals surface area (Å²) in [5.41, 5.74) is 15.3. The van der Waals surface area contributed by atoms with Crippen molar-refractivity contribution in [3.05, 3.63) is 0 Å². The van der Waals surface area contributed by atoms with Gasteiger partial charge >= 0.3 is 11.9 Å². The summed E-state index contributed by atoms with van der Waals surface area (Å²) in [6.45, 7) is -1.05. The fourth-order valence-corrected chi connectivity index (χ4v) is 2.11. The number of nitrogens with one attached hydrogen (secondary N) is 3. The summed E-state index contributed by atoms with van der Waals surface area (Å²) in [6.07, 6.45) is -2.30. The molecule has 0 saturated heterocycles. The normalized spacial score (nSPS) is 14.3. The molecule has 0 aliphatic heterocycles. The third kappa shape index (κ3) is 10.5. The van der Waals surface area contributed by atoms with Crippen molar-refractivity contribution in [1.82, 2.24) is 16.0 Å². The Bertz CT molecular complexity index is 742. The van der Waals surface area contributed by atoms with Gasteiger partial charge in [0, 0.05) is 0 Å². The number of amides is 5. The first-order valence-electron chi connectivity index (χ1n) is 8.57. The second-order valence-corrected chi connectivity index (χ2v) is 6.25. The molecule has 0 heterocycles. The lowest BCUT2D eigenvalue weighted by molar-refractivity contribution is -0.147. The number of hydrogen-bond acceptors (Lipinski definition) is 9. The SMILES string of the molecule is NC(=O)CC(N)C(=O)NC(CC(N)=O)C(=O)NC(CO)C(=O)NC(CC(=O)O)C(=O)O. The maximum Gasteiger partial charge on any atom is 0.326 e. The van der Waals surface area contributed by atoms with Gasteiger partial charge < -0.3 is 48.5 Å². The van der Waals surface area contributed by atoms with Crippen molar-refractivity contribution in [1.29, 1.82) is 0 Å². The minimum Gasteiger partial charge on any atom is -0.481 e. The van der Waals surface area contributed by atoms with Crippen molar-refractivity contribution in [2.75, 3.05) is 6.61 Å². The number of primary amides is 2. The van der Waals surface area contributed by atoms with Gasteiger partial charge in [0.15, 0.2) is 0 Å². The van der Waals surface area contributed by atoms with Crippen LogP contribution in [-0.4, -0.2) is 87.6 Å². The number of aliphatic hydroxyl groups excluding tert-OH is 1. The topological polar surface area (TPSA) is 294 Å². The summed E-state index contributed by atoms with van der Waals surface area (Å²) in [6, 6.07) is -6.75. The zero-order chi connectivity index (χ0) is 24.3. The van der Waals surface area contributed by atoms with Crippen LogP contribution in [0.4, 0.5) is 0 Å². The van der Waals surface area contributed by atoms with Gasteiger partial charge in [-0.1, -0.05) is 0 Å². The van der Waals surface area contributed by atoms with E-state index in [1.54, 1.807) is 0 Å². The largest absolute Gasteiger partial charge is 0.481 e. The molecule has 0 aromatic heterocycles. The van der Waals surface area contributed by atoms with Crippen LogP contribution in [0.5, 0.6) is 0 Å². The van der Waals surface area contributed by atoms with Gasteiger partial charge in [-0.25, -0.2) is 4.79 Å². The summed E-state index contributed by atoms with van der Waals surface area (Å²) in [7, 11) is 0. The van der Waals surface area contributed by atoms with Crippen LogP contribution < -0.4 is 33.2 Å². The van der Waals surface area contributed by atoms with Crippen molar-refractivity contribution in [2.24, 2.45) is 17.2 Å². The van der Waals surface area contributed by atoms with Gasteiger partial charge in [0.05, 0.1) is 31.9 Å². The molecule has 12 N–H and O–H groups in total. The summed E-state index contributed by atoms with van der Waals surface area (Å²) >= 11 is 0. The average Bonchev–Trinajstić information content (AvgIpc) is 2.63. The molecule has 0 saturated carbocycles. The smallest absolute Gasteiger partial charge is 0.326 e. The molecule has 0 aliphatic rings. The molecule has 4 atom stereocenters. The minimum absolute atomic E-state index is 0.571. The van der Waals surface area contributed by atoms with E-state index >= 15 is 0 Å². The molecule has 5 amide bonds. The molecule has 0 bridgehead atoms. The number of nitrogens with two attached hydrogens (primary N) is 3. The second-order valence-electron chi connectivity index (χ2n) is 6.25. The van der Waals surface area contributed by atoms with Crippen LogP contribution in [0, 0.1) is 0 Å². The van der Waals surface area contributed by atoms with Gasteiger partial charge in [-0.2, -0.15) is 0 Å². The summed E-state index contributed by atoms with van der Waals surface area (Å²) in [4.78, 5) is 80.2. The molecule has 31 heavy (non-hydrogen) atoms. The first kappa shape index (κ1) is 27.2. The molecule has 16 heteroatoms. The number of carbonyl (C=O) groups excluding carboxylic acids is 5. The van der Waals surface area contributed by atoms with Crippen molar-refractivity contribution in [3.63, 3.8) is 0 Å². The molecule has 174 valence electrons. The second kappa shape index (κ2) is 12.7. The summed E-state index contributed by atoms with van der Waals surface area (Å²) in [5.74, 6) is -8.64. The maximum absolute atomic E-state index is 12.4. The molecular formula is C15H24N6O10. The molecule has 0 rings (SSSR count). The lowest BCUT2D eigenvalue weighted by atomic mass is 10.1. The maximum atomic E-state index is 12.4. The molecule has 0 fully saturated rings. The zero-order valence-electron chi connectivity index (χ0n) is 16.1. The highest BCUT2D eigenvalue weighted by atomic mass is 16.4. The first-order chi connectivity index (χ1) is 14.3. The lowest BCUT2D eigenvalue weighted by Crippen LogP contribution is -2.59. The average molecular weight is 448 g/mol. The third-order valence-electron chi connectivity index (χ3n) is 3.61. The highest BCUT2D eigenvalue weighted by molar-refractivity contribution is 5.97. The third-order valence-corrected chi connectivity index (χ3v) is 3.61. The van der Waals surface area contributed by atoms with Gasteiger partial charge in [-0.15, -0.1) is 0 Å². The van der Waals surface area contributed by atoms with E-state index in [0.29, 0.717) is 0 Å². The number of carboxylic acids is 2. The Balaban J connectivity index is 5.29. The van der Waals surface area contributed by atoms with Gasteiger partial charge in [0.1, 0.15) is 18.1 Å². The van der Waals surface area contributed by atoms with Crippen LogP contribution in [0.3, 0.4) is 0 Å². The van der Waals surface area contributed by atoms with Crippen LogP contribution in [0.1, 0.15) is 19.3 Å². The van der Waals surface area contributed by atoms with Crippen LogP contribution in [0.25, 0.3) is 0 Å². The molecule has 0 aliphatic carbocycles. The van der Waals surface area contributed by atoms with E-state index in [1.807, 2.05) is 16.0 Å². The number of aliphatic carboxylic acids is 2. The minimum atomic E-state index is -1.86. The molecule has 0 aromatic carbocycles. The van der Waals surface area contributed by atoms with Gasteiger partial charge in [0.2, 0.25) is 29.5 Å². The zero-order valence-corrected chi connectivity index (χ0v) is 16.1. The van der Waals surface area contributed by atoms with Crippen LogP contribution in [-0.2, 0) is 33.6 Å². The van der Waals surface area contributed by atoms with Gasteiger partial charge in [-0.3, -0.25) is 28.8 Å². The fourth-order valence-electron chi connectivity index (χ4n) is 2.11. The van der Waals surface area contributed by atoms with E-state index in [4.69, 9.17) is 27.4 Å². The van der Waals surface area contributed by atoms with Crippen molar-refractivity contribution in [2.45, 2.75) is 43.4 Å². The molecular weight excluding hydrogens is 424 g/mol. The van der Waals surface area contributed by atoms with Crippen molar-refractivity contribution >= 4 is 41.5 Å². The molecule has 0 aromatic rings. The van der Waals surface area contributed by atoms with E-state index in [0.717, 1.165) is 0 Å². The number of aliphatic hydroxyl groups is 1. The van der Waals surface area contributed by atoms with Crippen molar-refractivity contribution < 1.29 is 48.9 Å². The molecule has 16 nitrogen and oxygen atoms in total. The lowest BCUT2D eigenvalue weighted by Gasteiger charge is -2.23. The number of carboxylic acid groups (broad SMARTS) is 2. The highest BCUT2D eigenvalue weighted by Crippen LogP contribution is 1.99. The van der Waals surface area contributed by atoms with Gasteiger partial charge in [-0.05, 0) is 0 Å². The first-order valence-corrected chi connectivity index (χ1v) is 8.57. The van der Waals surface area contributed by atoms with E-state index in [2.05, 4.69) is 0 Å². The predicted octanol–water partition coefficient (Wildman–Crippen LogP) is -5.93. The fraction of sp³-hybridized carbons (Fsp3) is 0.533. The Hall–Kier alpha value is -3.79. The Labute approximate surface area is 174 Å². The van der Waals surface area contributed by atoms with E-state index in [9.17, 15) is 38.7 Å². The Morgan fingerprint density at radius 3 is 1.55 bits per heavy atom. The molecule has 4 unspecified atom stereocenters. The van der Waals surface area contributed by atoms with Crippen molar-refractivity contribution in [3.8, 4) is 0 Å². The van der Waals surface area contributed by atoms with E-state index < -0.39 is 91.5 Å². The van der Waals surface area contributed by atoms with Crippen LogP contribution in [0.2, 0.25) is 0 Å². The predicted molar refractivity (Wildman–Crippen MR) is 98.4 cm³/mol.